The molecule has 0 radical (unpaired) electrons. The van der Waals surface area contributed by atoms with Crippen molar-refractivity contribution < 1.29 is 4.39 Å². The van der Waals surface area contributed by atoms with Gasteiger partial charge in [-0.3, -0.25) is 4.31 Å². The zero-order chi connectivity index (χ0) is 19.4. The fourth-order valence-corrected chi connectivity index (χ4v) is 4.04. The van der Waals surface area contributed by atoms with E-state index in [1.54, 1.807) is 11.9 Å². The molecule has 0 amide bonds. The van der Waals surface area contributed by atoms with Crippen LogP contribution >= 0.6 is 11.9 Å². The molecule has 5 heteroatoms. The summed E-state index contributed by atoms with van der Waals surface area (Å²) in [5.74, 6) is -0.196. The summed E-state index contributed by atoms with van der Waals surface area (Å²) < 4.78 is 18.3. The molecule has 1 aromatic heterocycles. The van der Waals surface area contributed by atoms with Crippen molar-refractivity contribution in [3.63, 3.8) is 0 Å². The molecule has 3 aromatic rings. The summed E-state index contributed by atoms with van der Waals surface area (Å²) in [4.78, 5) is 1.22. The molecule has 0 atom stereocenters. The third-order valence-corrected chi connectivity index (χ3v) is 5.45. The van der Waals surface area contributed by atoms with Gasteiger partial charge in [0.1, 0.15) is 5.83 Å². The van der Waals surface area contributed by atoms with Gasteiger partial charge in [0.25, 0.3) is 0 Å². The Bertz CT molecular complexity index is 942. The first-order valence-corrected chi connectivity index (χ1v) is 9.82. The predicted molar refractivity (Wildman–Crippen MR) is 114 cm³/mol. The van der Waals surface area contributed by atoms with Crippen molar-refractivity contribution in [3.05, 3.63) is 77.3 Å². The highest BCUT2D eigenvalue weighted by Gasteiger charge is 2.15. The van der Waals surface area contributed by atoms with Crippen LogP contribution in [-0.4, -0.2) is 29.5 Å². The van der Waals surface area contributed by atoms with Crippen LogP contribution in [0.4, 0.5) is 4.39 Å². The average Bonchev–Trinajstić information content (AvgIpc) is 2.89. The summed E-state index contributed by atoms with van der Waals surface area (Å²) >= 11 is 1.71. The Hall–Kier alpha value is -2.08. The van der Waals surface area contributed by atoms with E-state index in [1.807, 2.05) is 30.8 Å². The number of hydrogen-bond acceptors (Lipinski definition) is 3. The number of halogens is 1. The highest BCUT2D eigenvalue weighted by Crippen LogP contribution is 2.29. The van der Waals surface area contributed by atoms with Crippen LogP contribution in [0, 0.1) is 6.92 Å². The number of para-hydroxylation sites is 1. The van der Waals surface area contributed by atoms with E-state index in [0.717, 1.165) is 17.6 Å². The third kappa shape index (κ3) is 4.61. The van der Waals surface area contributed by atoms with Crippen molar-refractivity contribution in [1.82, 2.24) is 8.87 Å². The van der Waals surface area contributed by atoms with Crippen LogP contribution in [0.3, 0.4) is 0 Å². The molecule has 0 bridgehead atoms. The highest BCUT2D eigenvalue weighted by atomic mass is 32.2. The van der Waals surface area contributed by atoms with E-state index in [2.05, 4.69) is 47.6 Å². The Morgan fingerprint density at radius 1 is 1.15 bits per heavy atom. The van der Waals surface area contributed by atoms with Crippen LogP contribution in [0.15, 0.2) is 65.3 Å². The Balaban J connectivity index is 1.95. The van der Waals surface area contributed by atoms with Gasteiger partial charge in [-0.15, -0.1) is 0 Å². The fraction of sp³-hybridized carbons (Fsp3) is 0.273. The van der Waals surface area contributed by atoms with Crippen LogP contribution in [-0.2, 0) is 13.0 Å². The summed E-state index contributed by atoms with van der Waals surface area (Å²) in [5, 5.41) is 1.18. The second-order valence-corrected chi connectivity index (χ2v) is 8.16. The molecule has 2 N–H and O–H groups in total. The van der Waals surface area contributed by atoms with E-state index < -0.39 is 0 Å². The Morgan fingerprint density at radius 2 is 1.85 bits per heavy atom. The van der Waals surface area contributed by atoms with Crippen LogP contribution in [0.1, 0.15) is 16.8 Å². The van der Waals surface area contributed by atoms with E-state index >= 15 is 0 Å². The molecule has 0 spiro atoms. The first-order valence-electron chi connectivity index (χ1n) is 9.05. The molecule has 2 aromatic carbocycles. The lowest BCUT2D eigenvalue weighted by atomic mass is 10.0. The summed E-state index contributed by atoms with van der Waals surface area (Å²) in [7, 11) is 4.07. The van der Waals surface area contributed by atoms with Crippen molar-refractivity contribution in [3.8, 4) is 0 Å². The third-order valence-electron chi connectivity index (χ3n) is 4.60. The first-order chi connectivity index (χ1) is 13.0. The molecule has 0 fully saturated rings. The van der Waals surface area contributed by atoms with Gasteiger partial charge in [-0.25, -0.2) is 4.39 Å². The smallest absolute Gasteiger partial charge is 0.117 e. The normalized spacial score (nSPS) is 12.3. The highest BCUT2D eigenvalue weighted by molar-refractivity contribution is 7.97. The van der Waals surface area contributed by atoms with E-state index in [4.69, 9.17) is 5.73 Å². The van der Waals surface area contributed by atoms with Gasteiger partial charge < -0.3 is 10.3 Å². The number of fused-ring (bicyclic) bond motifs is 1. The summed E-state index contributed by atoms with van der Waals surface area (Å²) in [6.07, 6.45) is 2.27. The molecular weight excluding hydrogens is 357 g/mol. The van der Waals surface area contributed by atoms with Gasteiger partial charge in [0.05, 0.1) is 6.54 Å². The number of hydrogen-bond donors (Lipinski definition) is 1. The SMILES string of the molecule is Cc1c(Cc2ccc(SN(C)C)cc2)c2ccccc2n1C/C(F)=C/CN. The number of benzene rings is 2. The predicted octanol–water partition coefficient (Wildman–Crippen LogP) is 4.92. The molecule has 142 valence electrons. The molecule has 0 unspecified atom stereocenters. The Morgan fingerprint density at radius 3 is 2.52 bits per heavy atom. The van der Waals surface area contributed by atoms with Gasteiger partial charge >= 0.3 is 0 Å². The molecule has 0 aliphatic carbocycles. The Kier molecular flexibility index (Phi) is 6.37. The number of rotatable bonds is 7. The lowest BCUT2D eigenvalue weighted by Gasteiger charge is -2.10. The quantitative estimate of drug-likeness (QED) is 0.588. The molecule has 1 heterocycles. The maximum Gasteiger partial charge on any atom is 0.117 e. The maximum absolute atomic E-state index is 14.1. The number of nitrogens with zero attached hydrogens (tertiary/aromatic N) is 2. The fourth-order valence-electron chi connectivity index (χ4n) is 3.36. The molecule has 0 aliphatic rings. The lowest BCUT2D eigenvalue weighted by Crippen LogP contribution is -2.04. The summed E-state index contributed by atoms with van der Waals surface area (Å²) in [5.41, 5.74) is 10.1. The van der Waals surface area contributed by atoms with E-state index in [1.165, 1.54) is 27.5 Å². The number of nitrogens with two attached hydrogens (primary N) is 1. The van der Waals surface area contributed by atoms with Crippen molar-refractivity contribution in [1.29, 1.82) is 0 Å². The molecule has 0 saturated heterocycles. The molecule has 27 heavy (non-hydrogen) atoms. The van der Waals surface area contributed by atoms with Crippen LogP contribution < -0.4 is 5.73 Å². The molecule has 0 aliphatic heterocycles. The van der Waals surface area contributed by atoms with Crippen molar-refractivity contribution >= 4 is 22.9 Å². The largest absolute Gasteiger partial charge is 0.338 e. The average molecular weight is 384 g/mol. The molecule has 0 saturated carbocycles. The summed E-state index contributed by atoms with van der Waals surface area (Å²) in [6, 6.07) is 16.9. The minimum atomic E-state index is -0.196. The van der Waals surface area contributed by atoms with E-state index in [0.29, 0.717) is 0 Å². The molecular formula is C22H26FN3S. The molecule has 3 rings (SSSR count). The minimum Gasteiger partial charge on any atom is -0.338 e. The van der Waals surface area contributed by atoms with Gasteiger partial charge in [-0.1, -0.05) is 30.3 Å². The maximum atomic E-state index is 14.1. The summed E-state index contributed by atoms with van der Waals surface area (Å²) in [6.45, 7) is 2.51. The topological polar surface area (TPSA) is 34.2 Å². The van der Waals surface area contributed by atoms with Crippen molar-refractivity contribution in [2.24, 2.45) is 5.73 Å². The first kappa shape index (κ1) is 19.7. The van der Waals surface area contributed by atoms with Gasteiger partial charge in [0.2, 0.25) is 0 Å². The van der Waals surface area contributed by atoms with Gasteiger partial charge in [-0.2, -0.15) is 0 Å². The van der Waals surface area contributed by atoms with E-state index in [-0.39, 0.29) is 18.9 Å². The lowest BCUT2D eigenvalue weighted by molar-refractivity contribution is 0.554. The van der Waals surface area contributed by atoms with Gasteiger partial charge in [0, 0.05) is 28.0 Å². The van der Waals surface area contributed by atoms with Crippen molar-refractivity contribution in [2.75, 3.05) is 20.6 Å². The van der Waals surface area contributed by atoms with Crippen LogP contribution in [0.5, 0.6) is 0 Å². The standard InChI is InChI=1S/C22H26FN3S/c1-16-21(14-17-8-10-19(11-9-17)27-25(2)3)20-6-4-5-7-22(20)26(16)15-18(23)12-13-24/h4-12H,13-15,24H2,1-3H3/b18-12-. The van der Waals surface area contributed by atoms with Crippen LogP contribution in [0.2, 0.25) is 0 Å². The van der Waals surface area contributed by atoms with E-state index in [9.17, 15) is 4.39 Å². The molecule has 3 nitrogen and oxygen atoms in total. The van der Waals surface area contributed by atoms with Crippen molar-refractivity contribution in [2.45, 2.75) is 24.8 Å². The second-order valence-electron chi connectivity index (χ2n) is 6.78. The van der Waals surface area contributed by atoms with Crippen LogP contribution in [0.25, 0.3) is 10.9 Å². The number of aromatic nitrogens is 1. The van der Waals surface area contributed by atoms with Gasteiger partial charge in [0.15, 0.2) is 0 Å². The zero-order valence-corrected chi connectivity index (χ0v) is 16.9. The Labute approximate surface area is 164 Å². The monoisotopic (exact) mass is 383 g/mol. The number of allylic oxidation sites excluding steroid dienone is 1. The zero-order valence-electron chi connectivity index (χ0n) is 16.1. The second kappa shape index (κ2) is 8.74. The van der Waals surface area contributed by atoms with Gasteiger partial charge in [-0.05, 0) is 74.8 Å². The minimum absolute atomic E-state index is 0.196.